The van der Waals surface area contributed by atoms with Gasteiger partial charge in [0.15, 0.2) is 4.77 Å². The minimum absolute atomic E-state index is 0.325. The second-order valence-electron chi connectivity index (χ2n) is 4.14. The van der Waals surface area contributed by atoms with Crippen molar-refractivity contribution in [1.82, 2.24) is 9.55 Å². The summed E-state index contributed by atoms with van der Waals surface area (Å²) in [5.74, 6) is -0.325. The van der Waals surface area contributed by atoms with Crippen LogP contribution in [0.2, 0.25) is 0 Å². The van der Waals surface area contributed by atoms with Gasteiger partial charge in [0.2, 0.25) is 0 Å². The van der Waals surface area contributed by atoms with Crippen molar-refractivity contribution in [2.24, 2.45) is 0 Å². The molecule has 0 fully saturated rings. The van der Waals surface area contributed by atoms with Gasteiger partial charge >= 0.3 is 0 Å². The molecule has 0 saturated carbocycles. The maximum Gasteiger partial charge on any atom is 0.182 e. The van der Waals surface area contributed by atoms with E-state index in [-0.39, 0.29) is 5.82 Å². The highest BCUT2D eigenvalue weighted by molar-refractivity contribution is 9.11. The number of halogens is 4. The molecule has 3 aromatic rings. The van der Waals surface area contributed by atoms with Crippen LogP contribution in [0.1, 0.15) is 0 Å². The van der Waals surface area contributed by atoms with Crippen LogP contribution >= 0.6 is 60.0 Å². The first kappa shape index (κ1) is 14.4. The lowest BCUT2D eigenvalue weighted by Crippen LogP contribution is -1.95. The maximum atomic E-state index is 13.6. The zero-order valence-corrected chi connectivity index (χ0v) is 15.3. The second kappa shape index (κ2) is 5.36. The minimum atomic E-state index is -0.325. The first-order chi connectivity index (χ1) is 9.47. The van der Waals surface area contributed by atoms with E-state index in [1.54, 1.807) is 6.07 Å². The van der Waals surface area contributed by atoms with Crippen molar-refractivity contribution in [3.05, 3.63) is 54.3 Å². The summed E-state index contributed by atoms with van der Waals surface area (Å²) in [6, 6.07) is 8.95. The fourth-order valence-electron chi connectivity index (χ4n) is 2.00. The average molecular weight is 481 g/mol. The Labute approximate surface area is 144 Å². The molecule has 3 rings (SSSR count). The van der Waals surface area contributed by atoms with Crippen LogP contribution in [0.4, 0.5) is 4.39 Å². The van der Waals surface area contributed by atoms with E-state index < -0.39 is 0 Å². The van der Waals surface area contributed by atoms with Crippen molar-refractivity contribution in [1.29, 1.82) is 0 Å². The first-order valence-electron chi connectivity index (χ1n) is 5.52. The molecular weight excluding hydrogens is 475 g/mol. The molecule has 20 heavy (non-hydrogen) atoms. The van der Waals surface area contributed by atoms with E-state index in [9.17, 15) is 4.39 Å². The van der Waals surface area contributed by atoms with Crippen LogP contribution < -0.4 is 0 Å². The normalized spacial score (nSPS) is 11.2. The van der Waals surface area contributed by atoms with Gasteiger partial charge in [0.1, 0.15) is 5.82 Å². The Morgan fingerprint density at radius 3 is 2.55 bits per heavy atom. The molecule has 2 nitrogen and oxygen atoms in total. The van der Waals surface area contributed by atoms with Gasteiger partial charge in [-0.25, -0.2) is 4.39 Å². The van der Waals surface area contributed by atoms with Gasteiger partial charge in [-0.3, -0.25) is 4.57 Å². The van der Waals surface area contributed by atoms with Crippen LogP contribution in [-0.4, -0.2) is 9.55 Å². The third-order valence-electron chi connectivity index (χ3n) is 2.87. The maximum absolute atomic E-state index is 13.6. The lowest BCUT2D eigenvalue weighted by molar-refractivity contribution is 0.623. The summed E-state index contributed by atoms with van der Waals surface area (Å²) >= 11 is 15.5. The Balaban J connectivity index is 2.42. The summed E-state index contributed by atoms with van der Waals surface area (Å²) in [5.41, 5.74) is 2.35. The van der Waals surface area contributed by atoms with Gasteiger partial charge in [-0.1, -0.05) is 15.9 Å². The molecule has 0 aliphatic carbocycles. The van der Waals surface area contributed by atoms with E-state index in [2.05, 4.69) is 52.8 Å². The number of fused-ring (bicyclic) bond motifs is 1. The zero-order valence-electron chi connectivity index (χ0n) is 9.75. The Morgan fingerprint density at radius 1 is 1.05 bits per heavy atom. The van der Waals surface area contributed by atoms with Crippen LogP contribution in [-0.2, 0) is 0 Å². The first-order valence-corrected chi connectivity index (χ1v) is 8.31. The number of hydrogen-bond acceptors (Lipinski definition) is 1. The number of nitrogens with one attached hydrogen (secondary N) is 1. The van der Waals surface area contributed by atoms with Gasteiger partial charge in [-0.05, 0) is 68.3 Å². The molecule has 1 N–H and O–H groups in total. The molecule has 0 radical (unpaired) electrons. The highest BCUT2D eigenvalue weighted by atomic mass is 79.9. The van der Waals surface area contributed by atoms with E-state index >= 15 is 0 Å². The average Bonchev–Trinajstić information content (AvgIpc) is 2.69. The molecule has 0 saturated heterocycles. The zero-order chi connectivity index (χ0) is 14.4. The fourth-order valence-corrected chi connectivity index (χ4v) is 3.41. The van der Waals surface area contributed by atoms with E-state index in [4.69, 9.17) is 12.2 Å². The molecule has 1 aromatic heterocycles. The summed E-state index contributed by atoms with van der Waals surface area (Å²) in [5, 5.41) is 0. The van der Waals surface area contributed by atoms with Gasteiger partial charge in [0.05, 0.1) is 21.2 Å². The largest absolute Gasteiger partial charge is 0.330 e. The number of imidazole rings is 1. The Morgan fingerprint density at radius 2 is 1.80 bits per heavy atom. The van der Waals surface area contributed by atoms with Gasteiger partial charge in [0, 0.05) is 15.0 Å². The minimum Gasteiger partial charge on any atom is -0.330 e. The number of nitrogens with zero attached hydrogens (tertiary/aromatic N) is 1. The van der Waals surface area contributed by atoms with Gasteiger partial charge in [0.25, 0.3) is 0 Å². The quantitative estimate of drug-likeness (QED) is 0.416. The molecule has 0 aliphatic heterocycles. The van der Waals surface area contributed by atoms with Crippen molar-refractivity contribution in [2.45, 2.75) is 0 Å². The van der Waals surface area contributed by atoms with Crippen LogP contribution in [0.5, 0.6) is 0 Å². The molecule has 7 heteroatoms. The molecule has 1 heterocycles. The third kappa shape index (κ3) is 2.41. The van der Waals surface area contributed by atoms with Crippen molar-refractivity contribution in [3.8, 4) is 5.69 Å². The predicted molar refractivity (Wildman–Crippen MR) is 91.5 cm³/mol. The van der Waals surface area contributed by atoms with Gasteiger partial charge < -0.3 is 4.98 Å². The number of aromatic amines is 1. The van der Waals surface area contributed by atoms with E-state index in [0.717, 1.165) is 20.1 Å². The molecule has 2 aromatic carbocycles. The Kier molecular flexibility index (Phi) is 3.87. The molecule has 0 spiro atoms. The van der Waals surface area contributed by atoms with E-state index in [0.29, 0.717) is 14.8 Å². The third-order valence-corrected chi connectivity index (χ3v) is 4.93. The van der Waals surface area contributed by atoms with Gasteiger partial charge in [-0.15, -0.1) is 0 Å². The monoisotopic (exact) mass is 478 g/mol. The molecular formula is C13H6Br3FN2S. The fraction of sp³-hybridized carbons (Fsp3) is 0. The summed E-state index contributed by atoms with van der Waals surface area (Å²) < 4.78 is 18.2. The Hall–Kier alpha value is -0.500. The lowest BCUT2D eigenvalue weighted by atomic mass is 10.2. The molecule has 102 valence electrons. The molecule has 0 unspecified atom stereocenters. The second-order valence-corrected chi connectivity index (χ2v) is 7.16. The highest BCUT2D eigenvalue weighted by Crippen LogP contribution is 2.30. The number of benzene rings is 2. The number of rotatable bonds is 1. The molecule has 0 atom stereocenters. The van der Waals surface area contributed by atoms with Crippen molar-refractivity contribution < 1.29 is 4.39 Å². The van der Waals surface area contributed by atoms with E-state index in [1.807, 2.05) is 22.8 Å². The number of H-pyrrole nitrogens is 1. The van der Waals surface area contributed by atoms with Crippen molar-refractivity contribution >= 4 is 71.0 Å². The van der Waals surface area contributed by atoms with E-state index in [1.165, 1.54) is 6.07 Å². The smallest absolute Gasteiger partial charge is 0.182 e. The molecule has 0 bridgehead atoms. The lowest BCUT2D eigenvalue weighted by Gasteiger charge is -2.08. The van der Waals surface area contributed by atoms with Gasteiger partial charge in [-0.2, -0.15) is 0 Å². The highest BCUT2D eigenvalue weighted by Gasteiger charge is 2.12. The topological polar surface area (TPSA) is 20.7 Å². The Bertz CT molecular complexity index is 885. The van der Waals surface area contributed by atoms with Crippen LogP contribution in [0.3, 0.4) is 0 Å². The van der Waals surface area contributed by atoms with Crippen LogP contribution in [0.15, 0.2) is 43.7 Å². The summed E-state index contributed by atoms with van der Waals surface area (Å²) in [7, 11) is 0. The molecule has 0 amide bonds. The van der Waals surface area contributed by atoms with Crippen molar-refractivity contribution in [3.63, 3.8) is 0 Å². The summed E-state index contributed by atoms with van der Waals surface area (Å²) in [4.78, 5) is 3.02. The summed E-state index contributed by atoms with van der Waals surface area (Å²) in [6.07, 6.45) is 0. The number of hydrogen-bond donors (Lipinski definition) is 1. The SMILES string of the molecule is Fc1cc2[nH]c(=S)n(-c3cc(Br)ccc3Br)c2cc1Br. The van der Waals surface area contributed by atoms with Crippen LogP contribution in [0.25, 0.3) is 16.7 Å². The number of aromatic nitrogens is 2. The summed E-state index contributed by atoms with van der Waals surface area (Å²) in [6.45, 7) is 0. The molecule has 0 aliphatic rings. The standard InChI is InChI=1S/C13H6Br3FN2S/c14-6-1-2-7(15)11(3-6)19-12-4-8(16)9(17)5-10(12)18-13(19)20/h1-5H,(H,18,20). The van der Waals surface area contributed by atoms with Crippen LogP contribution in [0, 0.1) is 10.6 Å². The van der Waals surface area contributed by atoms with Crippen molar-refractivity contribution in [2.75, 3.05) is 0 Å². The predicted octanol–water partition coefficient (Wildman–Crippen LogP) is 6.11.